The minimum Gasteiger partial charge on any atom is -0.349 e. The molecule has 0 N–H and O–H groups in total. The Labute approximate surface area is 137 Å². The van der Waals surface area contributed by atoms with E-state index in [4.69, 9.17) is 0 Å². The summed E-state index contributed by atoms with van der Waals surface area (Å²) >= 11 is 0. The van der Waals surface area contributed by atoms with Crippen molar-refractivity contribution in [2.75, 3.05) is 32.9 Å². The Hall–Kier alpha value is -1.47. The zero-order valence-electron chi connectivity index (χ0n) is 13.6. The van der Waals surface area contributed by atoms with Crippen molar-refractivity contribution in [3.63, 3.8) is 0 Å². The maximum Gasteiger partial charge on any atom is 0.225 e. The van der Waals surface area contributed by atoms with Crippen LogP contribution in [0, 0.1) is 11.8 Å². The van der Waals surface area contributed by atoms with Crippen LogP contribution in [0.5, 0.6) is 0 Å². The van der Waals surface area contributed by atoms with E-state index in [-0.39, 0.29) is 23.5 Å². The second-order valence-corrected chi connectivity index (χ2v) is 9.09. The molecular formula is C16H23N3O3S. The minimum atomic E-state index is -3.11. The molecule has 3 atom stereocenters. The van der Waals surface area contributed by atoms with Gasteiger partial charge in [-0.05, 0) is 18.1 Å². The summed E-state index contributed by atoms with van der Waals surface area (Å²) in [6.07, 6.45) is 3.98. The number of sulfone groups is 1. The second-order valence-electron chi connectivity index (χ2n) is 6.75. The molecule has 3 rings (SSSR count). The van der Waals surface area contributed by atoms with Gasteiger partial charge in [0.15, 0.2) is 9.84 Å². The quantitative estimate of drug-likeness (QED) is 0.799. The molecule has 2 aliphatic heterocycles. The number of carbonyl (C=O) groups is 1. The van der Waals surface area contributed by atoms with Gasteiger partial charge in [-0.2, -0.15) is 0 Å². The SMILES string of the molecule is CN(C)C(=O)[C@@H]1CCS(=O)(=O)[C@H]2CN(Cc3cccnc3)C[C@@H]12. The molecule has 0 unspecified atom stereocenters. The average Bonchev–Trinajstić information content (AvgIpc) is 2.93. The lowest BCUT2D eigenvalue weighted by atomic mass is 9.87. The number of hydrogen-bond acceptors (Lipinski definition) is 5. The van der Waals surface area contributed by atoms with Gasteiger partial charge in [0.1, 0.15) is 0 Å². The summed E-state index contributed by atoms with van der Waals surface area (Å²) in [5.74, 6) is -0.102. The van der Waals surface area contributed by atoms with E-state index >= 15 is 0 Å². The lowest BCUT2D eigenvalue weighted by Crippen LogP contribution is -2.46. The fourth-order valence-electron chi connectivity index (χ4n) is 3.82. The van der Waals surface area contributed by atoms with Crippen molar-refractivity contribution in [2.45, 2.75) is 18.2 Å². The summed E-state index contributed by atoms with van der Waals surface area (Å²) < 4.78 is 24.9. The Kier molecular flexibility index (Phi) is 4.42. The molecule has 1 aromatic heterocycles. The second kappa shape index (κ2) is 6.20. The maximum atomic E-state index is 12.4. The molecule has 0 radical (unpaired) electrons. The van der Waals surface area contributed by atoms with E-state index in [2.05, 4.69) is 9.88 Å². The summed E-state index contributed by atoms with van der Waals surface area (Å²) in [5, 5.41) is -0.415. The van der Waals surface area contributed by atoms with Crippen LogP contribution in [0.1, 0.15) is 12.0 Å². The molecule has 7 heteroatoms. The third-order valence-electron chi connectivity index (χ3n) is 4.96. The van der Waals surface area contributed by atoms with Crippen LogP contribution in [0.15, 0.2) is 24.5 Å². The first kappa shape index (κ1) is 16.4. The molecule has 1 amide bonds. The predicted molar refractivity (Wildman–Crippen MR) is 87.4 cm³/mol. The summed E-state index contributed by atoms with van der Waals surface area (Å²) in [4.78, 5) is 20.3. The zero-order valence-corrected chi connectivity index (χ0v) is 14.4. The molecule has 0 spiro atoms. The molecule has 2 saturated heterocycles. The fourth-order valence-corrected chi connectivity index (χ4v) is 5.95. The molecule has 23 heavy (non-hydrogen) atoms. The number of carbonyl (C=O) groups excluding carboxylic acids is 1. The molecule has 0 aliphatic carbocycles. The Morgan fingerprint density at radius 1 is 1.39 bits per heavy atom. The summed E-state index contributed by atoms with van der Waals surface area (Å²) in [6, 6.07) is 3.87. The topological polar surface area (TPSA) is 70.6 Å². The number of hydrogen-bond donors (Lipinski definition) is 0. The molecular weight excluding hydrogens is 314 g/mol. The van der Waals surface area contributed by atoms with E-state index in [1.165, 1.54) is 0 Å². The van der Waals surface area contributed by atoms with Gasteiger partial charge in [0.05, 0.1) is 11.0 Å². The number of fused-ring (bicyclic) bond motifs is 1. The van der Waals surface area contributed by atoms with E-state index in [1.54, 1.807) is 31.4 Å². The van der Waals surface area contributed by atoms with Gasteiger partial charge in [-0.1, -0.05) is 6.07 Å². The van der Waals surface area contributed by atoms with Gasteiger partial charge in [0, 0.05) is 58.0 Å². The molecule has 3 heterocycles. The first-order valence-electron chi connectivity index (χ1n) is 7.92. The lowest BCUT2D eigenvalue weighted by molar-refractivity contribution is -0.134. The van der Waals surface area contributed by atoms with Gasteiger partial charge < -0.3 is 4.90 Å². The van der Waals surface area contributed by atoms with Crippen LogP contribution in [-0.4, -0.2) is 67.3 Å². The monoisotopic (exact) mass is 337 g/mol. The summed E-state index contributed by atoms with van der Waals surface area (Å²) in [6.45, 7) is 1.85. The van der Waals surface area contributed by atoms with Crippen molar-refractivity contribution < 1.29 is 13.2 Å². The molecule has 2 aliphatic rings. The van der Waals surface area contributed by atoms with Crippen LogP contribution in [-0.2, 0) is 21.2 Å². The van der Waals surface area contributed by atoms with Crippen LogP contribution in [0.2, 0.25) is 0 Å². The number of nitrogens with zero attached hydrogens (tertiary/aromatic N) is 3. The van der Waals surface area contributed by atoms with Gasteiger partial charge in [0.25, 0.3) is 0 Å². The maximum absolute atomic E-state index is 12.4. The molecule has 6 nitrogen and oxygen atoms in total. The Morgan fingerprint density at radius 2 is 2.17 bits per heavy atom. The number of rotatable bonds is 3. The van der Waals surface area contributed by atoms with Crippen molar-refractivity contribution in [1.82, 2.24) is 14.8 Å². The number of aromatic nitrogens is 1. The first-order valence-corrected chi connectivity index (χ1v) is 9.64. The van der Waals surface area contributed by atoms with Gasteiger partial charge in [-0.3, -0.25) is 14.7 Å². The van der Waals surface area contributed by atoms with Crippen molar-refractivity contribution >= 4 is 15.7 Å². The van der Waals surface area contributed by atoms with Crippen molar-refractivity contribution in [1.29, 1.82) is 0 Å². The molecule has 0 saturated carbocycles. The van der Waals surface area contributed by atoms with Gasteiger partial charge in [-0.15, -0.1) is 0 Å². The molecule has 0 aromatic carbocycles. The standard InChI is InChI=1S/C16H23N3O3S/c1-18(2)16(20)13-5-7-23(21,22)15-11-19(10-14(13)15)9-12-4-3-6-17-8-12/h3-4,6,8,13-15H,5,7,9-11H2,1-2H3/t13-,14+,15+/m1/s1. The lowest BCUT2D eigenvalue weighted by Gasteiger charge is -2.33. The molecule has 126 valence electrons. The number of amides is 1. The van der Waals surface area contributed by atoms with Crippen molar-refractivity contribution in [3.05, 3.63) is 30.1 Å². The predicted octanol–water partition coefficient (Wildman–Crippen LogP) is 0.405. The Balaban J connectivity index is 1.79. The highest BCUT2D eigenvalue weighted by molar-refractivity contribution is 7.92. The van der Waals surface area contributed by atoms with E-state index in [0.29, 0.717) is 26.1 Å². The normalized spacial score (nSPS) is 29.9. The largest absolute Gasteiger partial charge is 0.349 e. The van der Waals surface area contributed by atoms with Crippen molar-refractivity contribution in [3.8, 4) is 0 Å². The minimum absolute atomic E-state index is 0.0538. The average molecular weight is 337 g/mol. The Morgan fingerprint density at radius 3 is 2.83 bits per heavy atom. The van der Waals surface area contributed by atoms with Crippen LogP contribution in [0.3, 0.4) is 0 Å². The van der Waals surface area contributed by atoms with E-state index in [1.807, 2.05) is 12.1 Å². The summed E-state index contributed by atoms with van der Waals surface area (Å²) in [5.41, 5.74) is 1.07. The first-order chi connectivity index (χ1) is 10.9. The van der Waals surface area contributed by atoms with Gasteiger partial charge >= 0.3 is 0 Å². The third kappa shape index (κ3) is 3.26. The van der Waals surface area contributed by atoms with Crippen molar-refractivity contribution in [2.24, 2.45) is 11.8 Å². The summed E-state index contributed by atoms with van der Waals surface area (Å²) in [7, 11) is 0.372. The fraction of sp³-hybridized carbons (Fsp3) is 0.625. The molecule has 2 fully saturated rings. The van der Waals surface area contributed by atoms with E-state index in [0.717, 1.165) is 5.56 Å². The van der Waals surface area contributed by atoms with Crippen LogP contribution in [0.4, 0.5) is 0 Å². The number of likely N-dealkylation sites (tertiary alicyclic amines) is 1. The van der Waals surface area contributed by atoms with Gasteiger partial charge in [-0.25, -0.2) is 8.42 Å². The third-order valence-corrected chi connectivity index (χ3v) is 7.19. The van der Waals surface area contributed by atoms with Crippen LogP contribution in [0.25, 0.3) is 0 Å². The van der Waals surface area contributed by atoms with Crippen LogP contribution < -0.4 is 0 Å². The smallest absolute Gasteiger partial charge is 0.225 e. The molecule has 1 aromatic rings. The van der Waals surface area contributed by atoms with E-state index in [9.17, 15) is 13.2 Å². The highest BCUT2D eigenvalue weighted by Crippen LogP contribution is 2.38. The highest BCUT2D eigenvalue weighted by atomic mass is 32.2. The van der Waals surface area contributed by atoms with Crippen LogP contribution >= 0.6 is 0 Å². The zero-order chi connectivity index (χ0) is 16.6. The molecule has 0 bridgehead atoms. The number of pyridine rings is 1. The van der Waals surface area contributed by atoms with Gasteiger partial charge in [0.2, 0.25) is 5.91 Å². The highest BCUT2D eigenvalue weighted by Gasteiger charge is 2.50. The Bertz CT molecular complexity index is 675. The van der Waals surface area contributed by atoms with E-state index < -0.39 is 15.1 Å².